The molecule has 0 bridgehead atoms. The molecule has 3 rings (SSSR count). The molecule has 0 amide bonds. The minimum absolute atomic E-state index is 0.198. The number of nitrogens with zero attached hydrogens (tertiary/aromatic N) is 3. The molecule has 0 saturated heterocycles. The summed E-state index contributed by atoms with van der Waals surface area (Å²) < 4.78 is 1.93. The fourth-order valence-corrected chi connectivity index (χ4v) is 3.34. The van der Waals surface area contributed by atoms with Gasteiger partial charge < -0.3 is 9.67 Å². The number of carboxylic acid groups (broad SMARTS) is 1. The number of aromatic carboxylic acids is 1. The molecule has 1 aliphatic carbocycles. The van der Waals surface area contributed by atoms with Crippen LogP contribution < -0.4 is 0 Å². The van der Waals surface area contributed by atoms with Gasteiger partial charge in [-0.1, -0.05) is 19.1 Å². The van der Waals surface area contributed by atoms with Crippen LogP contribution in [0.5, 0.6) is 0 Å². The number of hydrogen-bond donors (Lipinski definition) is 1. The Labute approximate surface area is 117 Å². The highest BCUT2D eigenvalue weighted by atomic mass is 16.4. The second-order valence-electron chi connectivity index (χ2n) is 5.75. The van der Waals surface area contributed by atoms with Gasteiger partial charge in [-0.25, -0.2) is 4.79 Å². The van der Waals surface area contributed by atoms with Crippen LogP contribution in [0, 0.1) is 5.92 Å². The van der Waals surface area contributed by atoms with E-state index in [-0.39, 0.29) is 5.41 Å². The summed E-state index contributed by atoms with van der Waals surface area (Å²) in [5, 5.41) is 17.4. The normalized spacial score (nSPS) is 25.2. The minimum Gasteiger partial charge on any atom is -0.478 e. The van der Waals surface area contributed by atoms with E-state index < -0.39 is 5.97 Å². The monoisotopic (exact) mass is 271 g/mol. The molecule has 1 aromatic carbocycles. The Bertz CT molecular complexity index is 657. The highest BCUT2D eigenvalue weighted by Gasteiger charge is 2.48. The number of carbonyl (C=O) groups is 1. The van der Waals surface area contributed by atoms with Crippen LogP contribution in [0.15, 0.2) is 30.6 Å². The minimum atomic E-state index is -0.896. The zero-order valence-corrected chi connectivity index (χ0v) is 11.6. The SMILES string of the molecule is Cn1cnnc1[C@]1(c2cccc(C(=O)O)c2)C[C@H](C)C1. The van der Waals surface area contributed by atoms with Crippen molar-refractivity contribution in [2.75, 3.05) is 0 Å². The van der Waals surface area contributed by atoms with Gasteiger partial charge in [-0.3, -0.25) is 0 Å². The molecule has 2 aromatic rings. The molecule has 5 nitrogen and oxygen atoms in total. The first-order valence-corrected chi connectivity index (χ1v) is 6.71. The molecule has 0 unspecified atom stereocenters. The first kappa shape index (κ1) is 12.8. The van der Waals surface area contributed by atoms with E-state index in [1.807, 2.05) is 17.7 Å². The lowest BCUT2D eigenvalue weighted by molar-refractivity contribution is 0.0696. The molecule has 0 spiro atoms. The molecule has 1 fully saturated rings. The van der Waals surface area contributed by atoms with Gasteiger partial charge in [-0.15, -0.1) is 10.2 Å². The summed E-state index contributed by atoms with van der Waals surface area (Å²) in [5.41, 5.74) is 1.14. The molecular formula is C15H17N3O2. The Morgan fingerprint density at radius 3 is 2.75 bits per heavy atom. The Morgan fingerprint density at radius 1 is 1.45 bits per heavy atom. The van der Waals surface area contributed by atoms with Crippen molar-refractivity contribution in [2.24, 2.45) is 13.0 Å². The lowest BCUT2D eigenvalue weighted by Crippen LogP contribution is -2.43. The van der Waals surface area contributed by atoms with Gasteiger partial charge in [-0.2, -0.15) is 0 Å². The summed E-state index contributed by atoms with van der Waals surface area (Å²) in [6, 6.07) is 7.19. The highest BCUT2D eigenvalue weighted by Crippen LogP contribution is 2.51. The third-order valence-corrected chi connectivity index (χ3v) is 4.20. The highest BCUT2D eigenvalue weighted by molar-refractivity contribution is 5.87. The summed E-state index contributed by atoms with van der Waals surface area (Å²) >= 11 is 0. The molecule has 20 heavy (non-hydrogen) atoms. The fourth-order valence-electron chi connectivity index (χ4n) is 3.34. The Hall–Kier alpha value is -2.17. The molecule has 5 heteroatoms. The summed E-state index contributed by atoms with van der Waals surface area (Å²) in [5.74, 6) is 0.630. The van der Waals surface area contributed by atoms with E-state index in [0.717, 1.165) is 24.2 Å². The average molecular weight is 271 g/mol. The molecule has 104 valence electrons. The standard InChI is InChI=1S/C15H17N3O2/c1-10-7-15(8-10,14-17-16-9-18(14)2)12-5-3-4-11(6-12)13(19)20/h3-6,9-10H,7-8H2,1-2H3,(H,19,20)/t10-,15+. The van der Waals surface area contributed by atoms with Crippen molar-refractivity contribution in [1.82, 2.24) is 14.8 Å². The van der Waals surface area contributed by atoms with Gasteiger partial charge in [0.25, 0.3) is 0 Å². The van der Waals surface area contributed by atoms with Crippen molar-refractivity contribution < 1.29 is 9.90 Å². The van der Waals surface area contributed by atoms with Crippen LogP contribution in [0.25, 0.3) is 0 Å². The first-order chi connectivity index (χ1) is 9.53. The fraction of sp³-hybridized carbons (Fsp3) is 0.400. The van der Waals surface area contributed by atoms with Crippen LogP contribution in [-0.2, 0) is 12.5 Å². The zero-order valence-electron chi connectivity index (χ0n) is 11.6. The van der Waals surface area contributed by atoms with Crippen molar-refractivity contribution in [3.8, 4) is 0 Å². The van der Waals surface area contributed by atoms with Gasteiger partial charge >= 0.3 is 5.97 Å². The van der Waals surface area contributed by atoms with Gasteiger partial charge in [0, 0.05) is 7.05 Å². The number of hydrogen-bond acceptors (Lipinski definition) is 3. The van der Waals surface area contributed by atoms with Crippen LogP contribution in [0.3, 0.4) is 0 Å². The van der Waals surface area contributed by atoms with E-state index in [2.05, 4.69) is 17.1 Å². The summed E-state index contributed by atoms with van der Waals surface area (Å²) in [6.07, 6.45) is 3.65. The topological polar surface area (TPSA) is 68.0 Å². The molecule has 0 aliphatic heterocycles. The molecular weight excluding hydrogens is 254 g/mol. The van der Waals surface area contributed by atoms with Crippen LogP contribution >= 0.6 is 0 Å². The van der Waals surface area contributed by atoms with Gasteiger partial charge in [-0.05, 0) is 36.5 Å². The molecule has 1 aliphatic rings. The van der Waals surface area contributed by atoms with Gasteiger partial charge in [0.1, 0.15) is 12.2 Å². The second kappa shape index (κ2) is 4.44. The number of benzene rings is 1. The van der Waals surface area contributed by atoms with Crippen LogP contribution in [-0.4, -0.2) is 25.8 Å². The van der Waals surface area contributed by atoms with E-state index in [1.165, 1.54) is 0 Å². The van der Waals surface area contributed by atoms with Crippen molar-refractivity contribution in [3.05, 3.63) is 47.5 Å². The lowest BCUT2D eigenvalue weighted by atomic mass is 9.58. The van der Waals surface area contributed by atoms with Crippen molar-refractivity contribution in [1.29, 1.82) is 0 Å². The van der Waals surface area contributed by atoms with Crippen molar-refractivity contribution >= 4 is 5.97 Å². The average Bonchev–Trinajstić information content (AvgIpc) is 2.81. The van der Waals surface area contributed by atoms with Crippen molar-refractivity contribution in [2.45, 2.75) is 25.2 Å². The first-order valence-electron chi connectivity index (χ1n) is 6.71. The Balaban J connectivity index is 2.10. The molecule has 0 radical (unpaired) electrons. The van der Waals surface area contributed by atoms with Gasteiger partial charge in [0.15, 0.2) is 0 Å². The number of carboxylic acids is 1. The third kappa shape index (κ3) is 1.81. The Morgan fingerprint density at radius 2 is 2.20 bits per heavy atom. The van der Waals surface area contributed by atoms with Crippen molar-refractivity contribution in [3.63, 3.8) is 0 Å². The van der Waals surface area contributed by atoms with Crippen LogP contribution in [0.2, 0.25) is 0 Å². The maximum absolute atomic E-state index is 11.2. The molecule has 1 saturated carbocycles. The Kier molecular flexibility index (Phi) is 2.85. The largest absolute Gasteiger partial charge is 0.478 e. The molecule has 1 N–H and O–H groups in total. The number of rotatable bonds is 3. The quantitative estimate of drug-likeness (QED) is 0.929. The smallest absolute Gasteiger partial charge is 0.335 e. The van der Waals surface area contributed by atoms with E-state index in [4.69, 9.17) is 5.11 Å². The van der Waals surface area contributed by atoms with E-state index in [0.29, 0.717) is 11.5 Å². The van der Waals surface area contributed by atoms with Gasteiger partial charge in [0.05, 0.1) is 11.0 Å². The van der Waals surface area contributed by atoms with Crippen LogP contribution in [0.1, 0.15) is 41.5 Å². The van der Waals surface area contributed by atoms with E-state index in [9.17, 15) is 4.79 Å². The maximum Gasteiger partial charge on any atom is 0.335 e. The second-order valence-corrected chi connectivity index (χ2v) is 5.75. The lowest BCUT2D eigenvalue weighted by Gasteiger charge is -2.46. The summed E-state index contributed by atoms with van der Waals surface area (Å²) in [6.45, 7) is 2.20. The zero-order chi connectivity index (χ0) is 14.3. The number of aromatic nitrogens is 3. The van der Waals surface area contributed by atoms with E-state index >= 15 is 0 Å². The predicted molar refractivity (Wildman–Crippen MR) is 73.6 cm³/mol. The van der Waals surface area contributed by atoms with E-state index in [1.54, 1.807) is 24.5 Å². The number of aryl methyl sites for hydroxylation is 1. The molecule has 0 atom stereocenters. The predicted octanol–water partition coefficient (Wildman–Crippen LogP) is 2.23. The summed E-state index contributed by atoms with van der Waals surface area (Å²) in [4.78, 5) is 11.2. The maximum atomic E-state index is 11.2. The van der Waals surface area contributed by atoms with Crippen LogP contribution in [0.4, 0.5) is 0 Å². The molecule has 1 heterocycles. The summed E-state index contributed by atoms with van der Waals surface area (Å²) in [7, 11) is 1.93. The third-order valence-electron chi connectivity index (χ3n) is 4.20. The van der Waals surface area contributed by atoms with Gasteiger partial charge in [0.2, 0.25) is 0 Å². The molecule has 1 aromatic heterocycles.